The maximum absolute atomic E-state index is 12.2. The van der Waals surface area contributed by atoms with E-state index in [0.29, 0.717) is 10.8 Å². The molecular formula is C19H16N2O5S2. The van der Waals surface area contributed by atoms with Gasteiger partial charge in [-0.05, 0) is 23.8 Å². The van der Waals surface area contributed by atoms with Gasteiger partial charge < -0.3 is 4.42 Å². The highest BCUT2D eigenvalue weighted by molar-refractivity contribution is 7.97. The average molecular weight is 416 g/mol. The van der Waals surface area contributed by atoms with Gasteiger partial charge in [0.05, 0.1) is 4.90 Å². The largest absolute Gasteiger partial charge is 0.420 e. The predicted octanol–water partition coefficient (Wildman–Crippen LogP) is 3.10. The Bertz CT molecular complexity index is 1200. The summed E-state index contributed by atoms with van der Waals surface area (Å²) in [5.41, 5.74) is 0.920. The number of aromatic nitrogens is 2. The summed E-state index contributed by atoms with van der Waals surface area (Å²) in [6, 6.07) is 17.0. The lowest BCUT2D eigenvalue weighted by molar-refractivity contribution is 0.499. The van der Waals surface area contributed by atoms with Crippen LogP contribution in [-0.4, -0.2) is 27.0 Å². The van der Waals surface area contributed by atoms with Crippen molar-refractivity contribution in [3.8, 4) is 0 Å². The van der Waals surface area contributed by atoms with Crippen LogP contribution in [0.4, 0.5) is 0 Å². The number of hydrogen-bond donors (Lipinski definition) is 0. The molecule has 0 saturated carbocycles. The van der Waals surface area contributed by atoms with Gasteiger partial charge in [0.15, 0.2) is 9.84 Å². The molecule has 144 valence electrons. The summed E-state index contributed by atoms with van der Waals surface area (Å²) in [6.07, 6.45) is 3.31. The maximum Gasteiger partial charge on any atom is 0.240 e. The van der Waals surface area contributed by atoms with E-state index < -0.39 is 25.4 Å². The van der Waals surface area contributed by atoms with Crippen molar-refractivity contribution < 1.29 is 21.3 Å². The minimum atomic E-state index is -3.91. The van der Waals surface area contributed by atoms with Gasteiger partial charge in [-0.2, -0.15) is 0 Å². The van der Waals surface area contributed by atoms with Crippen LogP contribution in [-0.2, 0) is 25.4 Å². The number of benzene rings is 2. The van der Waals surface area contributed by atoms with Gasteiger partial charge in [-0.1, -0.05) is 48.5 Å². The Morgan fingerprint density at radius 1 is 0.786 bits per heavy atom. The number of nitrogens with zero attached hydrogens (tertiary/aromatic N) is 2. The van der Waals surface area contributed by atoms with Crippen LogP contribution in [0.2, 0.25) is 0 Å². The third kappa shape index (κ3) is 5.48. The highest BCUT2D eigenvalue weighted by Gasteiger charge is 2.16. The molecule has 0 unspecified atom stereocenters. The lowest BCUT2D eigenvalue weighted by Crippen LogP contribution is -2.03. The van der Waals surface area contributed by atoms with Crippen LogP contribution in [0.5, 0.6) is 0 Å². The van der Waals surface area contributed by atoms with Gasteiger partial charge in [0.25, 0.3) is 0 Å². The molecular weight excluding hydrogens is 400 g/mol. The average Bonchev–Trinajstić information content (AvgIpc) is 3.13. The smallest absolute Gasteiger partial charge is 0.240 e. The topological polar surface area (TPSA) is 107 Å². The molecule has 0 bridgehead atoms. The van der Waals surface area contributed by atoms with Gasteiger partial charge in [0, 0.05) is 16.9 Å². The number of rotatable bonds is 7. The van der Waals surface area contributed by atoms with Crippen LogP contribution in [0.15, 0.2) is 80.8 Å². The fourth-order valence-corrected chi connectivity index (χ4v) is 4.70. The van der Waals surface area contributed by atoms with E-state index in [1.54, 1.807) is 30.4 Å². The summed E-state index contributed by atoms with van der Waals surface area (Å²) in [6.45, 7) is 0. The molecule has 0 fully saturated rings. The van der Waals surface area contributed by atoms with Crippen LogP contribution in [0, 0.1) is 0 Å². The Balaban J connectivity index is 1.69. The molecule has 1 heterocycles. The Labute approximate surface area is 162 Å². The summed E-state index contributed by atoms with van der Waals surface area (Å²) in [5, 5.41) is 8.74. The fraction of sp³-hybridized carbons (Fsp3) is 0.0526. The zero-order valence-electron chi connectivity index (χ0n) is 14.5. The number of hydrogen-bond acceptors (Lipinski definition) is 7. The SMILES string of the molecule is O=S(=O)(C=CS(=O)(=O)c1ccccc1)Cc1nnc(C=Cc2ccccc2)o1. The van der Waals surface area contributed by atoms with Crippen molar-refractivity contribution >= 4 is 31.8 Å². The molecule has 3 rings (SSSR count). The highest BCUT2D eigenvalue weighted by Crippen LogP contribution is 2.14. The minimum absolute atomic E-state index is 0.00701. The molecule has 0 aliphatic rings. The third-order valence-electron chi connectivity index (χ3n) is 3.54. The molecule has 2 aromatic carbocycles. The molecule has 0 saturated heterocycles. The van der Waals surface area contributed by atoms with Crippen molar-refractivity contribution in [2.45, 2.75) is 10.6 Å². The van der Waals surface area contributed by atoms with Crippen molar-refractivity contribution in [1.29, 1.82) is 0 Å². The van der Waals surface area contributed by atoms with Crippen LogP contribution in [0.1, 0.15) is 17.3 Å². The Kier molecular flexibility index (Phi) is 5.86. The van der Waals surface area contributed by atoms with E-state index in [2.05, 4.69) is 10.2 Å². The Hall–Kier alpha value is -3.04. The number of sulfone groups is 2. The van der Waals surface area contributed by atoms with Gasteiger partial charge >= 0.3 is 0 Å². The molecule has 0 aliphatic heterocycles. The Morgan fingerprint density at radius 2 is 1.43 bits per heavy atom. The zero-order valence-corrected chi connectivity index (χ0v) is 16.2. The molecule has 3 aromatic rings. The van der Waals surface area contributed by atoms with E-state index in [4.69, 9.17) is 4.42 Å². The lowest BCUT2D eigenvalue weighted by Gasteiger charge is -1.98. The second kappa shape index (κ2) is 8.32. The highest BCUT2D eigenvalue weighted by atomic mass is 32.2. The summed E-state index contributed by atoms with van der Waals surface area (Å²) >= 11 is 0. The molecule has 0 radical (unpaired) electrons. The quantitative estimate of drug-likeness (QED) is 0.582. The van der Waals surface area contributed by atoms with E-state index in [9.17, 15) is 16.8 Å². The fourth-order valence-electron chi connectivity index (χ4n) is 2.19. The molecule has 0 amide bonds. The second-order valence-corrected chi connectivity index (χ2v) is 9.44. The van der Waals surface area contributed by atoms with Gasteiger partial charge in [-0.3, -0.25) is 0 Å². The van der Waals surface area contributed by atoms with E-state index in [0.717, 1.165) is 5.56 Å². The first-order chi connectivity index (χ1) is 13.3. The van der Waals surface area contributed by atoms with Crippen molar-refractivity contribution in [2.75, 3.05) is 0 Å². The van der Waals surface area contributed by atoms with Crippen molar-refractivity contribution in [3.63, 3.8) is 0 Å². The molecule has 28 heavy (non-hydrogen) atoms. The maximum atomic E-state index is 12.2. The van der Waals surface area contributed by atoms with Crippen LogP contribution in [0.25, 0.3) is 12.2 Å². The molecule has 0 atom stereocenters. The molecule has 1 aromatic heterocycles. The van der Waals surface area contributed by atoms with Crippen LogP contribution < -0.4 is 0 Å². The van der Waals surface area contributed by atoms with Gasteiger partial charge in [-0.15, -0.1) is 10.2 Å². The van der Waals surface area contributed by atoms with Gasteiger partial charge in [0.1, 0.15) is 5.75 Å². The monoisotopic (exact) mass is 416 g/mol. The molecule has 0 N–H and O–H groups in total. The molecule has 7 nitrogen and oxygen atoms in total. The van der Waals surface area contributed by atoms with Crippen LogP contribution >= 0.6 is 0 Å². The summed E-state index contributed by atoms with van der Waals surface area (Å²) in [4.78, 5) is 0.00701. The zero-order chi connectivity index (χ0) is 20.0. The Morgan fingerprint density at radius 3 is 2.11 bits per heavy atom. The first-order valence-corrected chi connectivity index (χ1v) is 11.4. The van der Waals surface area contributed by atoms with Crippen molar-refractivity contribution in [2.24, 2.45) is 0 Å². The third-order valence-corrected chi connectivity index (χ3v) is 6.33. The predicted molar refractivity (Wildman–Crippen MR) is 105 cm³/mol. The second-order valence-electron chi connectivity index (χ2n) is 5.72. The van der Waals surface area contributed by atoms with Gasteiger partial charge in [-0.25, -0.2) is 16.8 Å². The minimum Gasteiger partial charge on any atom is -0.420 e. The van der Waals surface area contributed by atoms with Crippen molar-refractivity contribution in [1.82, 2.24) is 10.2 Å². The van der Waals surface area contributed by atoms with E-state index in [1.165, 1.54) is 12.1 Å². The standard InChI is InChI=1S/C19H16N2O5S2/c22-27(23,13-14-28(24,25)17-9-5-2-6-10-17)15-19-21-20-18(26-19)12-11-16-7-3-1-4-8-16/h1-14H,15H2. The summed E-state index contributed by atoms with van der Waals surface area (Å²) in [7, 11) is -7.77. The lowest BCUT2D eigenvalue weighted by atomic mass is 10.2. The first-order valence-electron chi connectivity index (χ1n) is 8.11. The normalized spacial score (nSPS) is 12.7. The van der Waals surface area contributed by atoms with Crippen molar-refractivity contribution in [3.05, 3.63) is 88.8 Å². The summed E-state index contributed by atoms with van der Waals surface area (Å²) < 4.78 is 53.9. The first kappa shape index (κ1) is 19.7. The molecule has 9 heteroatoms. The van der Waals surface area contributed by atoms with Gasteiger partial charge in [0.2, 0.25) is 21.6 Å². The summed E-state index contributed by atoms with van der Waals surface area (Å²) in [5.74, 6) is -0.579. The van der Waals surface area contributed by atoms with E-state index in [1.807, 2.05) is 30.3 Å². The molecule has 0 spiro atoms. The van der Waals surface area contributed by atoms with Crippen LogP contribution in [0.3, 0.4) is 0 Å². The molecule has 0 aliphatic carbocycles. The van der Waals surface area contributed by atoms with E-state index in [-0.39, 0.29) is 16.7 Å². The van der Waals surface area contributed by atoms with E-state index >= 15 is 0 Å².